The minimum atomic E-state index is -0.551. The minimum absolute atomic E-state index is 0.0499. The van der Waals surface area contributed by atoms with Crippen molar-refractivity contribution in [2.75, 3.05) is 22.1 Å². The number of carbonyl (C=O) groups is 3. The van der Waals surface area contributed by atoms with Crippen LogP contribution in [0.4, 0.5) is 17.1 Å². The lowest BCUT2D eigenvalue weighted by Crippen LogP contribution is -2.34. The molecule has 7 nitrogen and oxygen atoms in total. The highest BCUT2D eigenvalue weighted by Crippen LogP contribution is 2.33. The Balaban J connectivity index is 1.47. The highest BCUT2D eigenvalue weighted by Gasteiger charge is 2.36. The van der Waals surface area contributed by atoms with E-state index in [0.29, 0.717) is 23.7 Å². The van der Waals surface area contributed by atoms with Crippen molar-refractivity contribution in [2.24, 2.45) is 5.92 Å². The maximum absolute atomic E-state index is 12.8. The monoisotopic (exact) mass is 393 g/mol. The second-order valence-electron chi connectivity index (χ2n) is 7.34. The van der Waals surface area contributed by atoms with Crippen molar-refractivity contribution in [3.63, 3.8) is 0 Å². The van der Waals surface area contributed by atoms with E-state index in [-0.39, 0.29) is 24.1 Å². The molecule has 3 amide bonds. The number of hydrogen-bond acceptors (Lipinski definition) is 4. The molecule has 0 saturated carbocycles. The van der Waals surface area contributed by atoms with E-state index in [0.717, 1.165) is 17.7 Å². The second-order valence-corrected chi connectivity index (χ2v) is 7.34. The van der Waals surface area contributed by atoms with E-state index in [1.807, 2.05) is 31.2 Å². The van der Waals surface area contributed by atoms with Crippen LogP contribution in [0.15, 0.2) is 42.5 Å². The first-order valence-corrected chi connectivity index (χ1v) is 9.77. The van der Waals surface area contributed by atoms with Crippen molar-refractivity contribution in [3.05, 3.63) is 48.0 Å². The number of carbonyl (C=O) groups excluding carboxylic acids is 3. The van der Waals surface area contributed by atoms with Gasteiger partial charge in [-0.3, -0.25) is 14.4 Å². The number of hydrogen-bond donors (Lipinski definition) is 2. The maximum Gasteiger partial charge on any atom is 0.265 e. The molecule has 0 aliphatic carbocycles. The van der Waals surface area contributed by atoms with Crippen LogP contribution in [-0.2, 0) is 20.8 Å². The molecule has 29 heavy (non-hydrogen) atoms. The average molecular weight is 393 g/mol. The van der Waals surface area contributed by atoms with E-state index < -0.39 is 12.0 Å². The van der Waals surface area contributed by atoms with E-state index in [4.69, 9.17) is 4.74 Å². The molecule has 0 bridgehead atoms. The van der Waals surface area contributed by atoms with Crippen molar-refractivity contribution in [2.45, 2.75) is 32.8 Å². The lowest BCUT2D eigenvalue weighted by Gasteiger charge is -2.24. The first kappa shape index (κ1) is 19.0. The molecule has 4 rings (SSSR count). The van der Waals surface area contributed by atoms with E-state index in [9.17, 15) is 14.4 Å². The number of anilines is 3. The maximum atomic E-state index is 12.8. The van der Waals surface area contributed by atoms with E-state index in [2.05, 4.69) is 10.6 Å². The summed E-state index contributed by atoms with van der Waals surface area (Å²) in [5.41, 5.74) is 3.03. The zero-order valence-electron chi connectivity index (χ0n) is 16.4. The Bertz CT molecular complexity index is 988. The standard InChI is InChI=1S/C22H23N3O4/c1-3-14-6-4-5-7-18(14)25-12-15(10-20(25)26)22(28)23-16-8-9-19-17(11-16)24-21(27)13(2)29-19/h4-9,11,13,15H,3,10,12H2,1-2H3,(H,23,28)(H,24,27)/t13-,15+/m0/s1. The predicted molar refractivity (Wildman–Crippen MR) is 110 cm³/mol. The molecule has 2 N–H and O–H groups in total. The molecule has 2 aliphatic heterocycles. The summed E-state index contributed by atoms with van der Waals surface area (Å²) in [5, 5.41) is 5.62. The molecule has 1 fully saturated rings. The number of benzene rings is 2. The number of ether oxygens (including phenoxy) is 1. The number of fused-ring (bicyclic) bond motifs is 1. The summed E-state index contributed by atoms with van der Waals surface area (Å²) in [6.07, 6.45) is 0.439. The van der Waals surface area contributed by atoms with Gasteiger partial charge in [-0.1, -0.05) is 25.1 Å². The van der Waals surface area contributed by atoms with Crippen molar-refractivity contribution in [3.8, 4) is 5.75 Å². The molecule has 2 aromatic carbocycles. The average Bonchev–Trinajstić information content (AvgIpc) is 3.10. The summed E-state index contributed by atoms with van der Waals surface area (Å²) in [6, 6.07) is 12.9. The minimum Gasteiger partial charge on any atom is -0.479 e. The van der Waals surface area contributed by atoms with Gasteiger partial charge in [0, 0.05) is 24.3 Å². The lowest BCUT2D eigenvalue weighted by atomic mass is 10.1. The Morgan fingerprint density at radius 3 is 2.83 bits per heavy atom. The summed E-state index contributed by atoms with van der Waals surface area (Å²) in [4.78, 5) is 38.8. The second kappa shape index (κ2) is 7.58. The SMILES string of the molecule is CCc1ccccc1N1C[C@H](C(=O)Nc2ccc3c(c2)NC(=O)[C@H](C)O3)CC1=O. The summed E-state index contributed by atoms with van der Waals surface area (Å²) in [6.45, 7) is 4.07. The quantitative estimate of drug-likeness (QED) is 0.836. The molecule has 150 valence electrons. The van der Waals surface area contributed by atoms with Gasteiger partial charge >= 0.3 is 0 Å². The zero-order valence-corrected chi connectivity index (χ0v) is 16.4. The van der Waals surface area contributed by atoms with Crippen LogP contribution in [0, 0.1) is 5.92 Å². The van der Waals surface area contributed by atoms with Crippen molar-refractivity contribution >= 4 is 34.8 Å². The number of rotatable bonds is 4. The third-order valence-electron chi connectivity index (χ3n) is 5.34. The van der Waals surface area contributed by atoms with E-state index in [1.54, 1.807) is 30.0 Å². The molecule has 2 aromatic rings. The largest absolute Gasteiger partial charge is 0.479 e. The summed E-state index contributed by atoms with van der Waals surface area (Å²) in [5.74, 6) is -0.368. The van der Waals surface area contributed by atoms with Crippen LogP contribution in [0.2, 0.25) is 0 Å². The van der Waals surface area contributed by atoms with Crippen LogP contribution in [-0.4, -0.2) is 30.4 Å². The number of nitrogens with one attached hydrogen (secondary N) is 2. The molecule has 0 radical (unpaired) electrons. The van der Waals surface area contributed by atoms with Gasteiger partial charge in [-0.25, -0.2) is 0 Å². The van der Waals surface area contributed by atoms with Crippen molar-refractivity contribution < 1.29 is 19.1 Å². The van der Waals surface area contributed by atoms with Crippen LogP contribution in [0.1, 0.15) is 25.8 Å². The fourth-order valence-electron chi connectivity index (χ4n) is 3.72. The van der Waals surface area contributed by atoms with E-state index >= 15 is 0 Å². The Hall–Kier alpha value is -3.35. The van der Waals surface area contributed by atoms with E-state index in [1.165, 1.54) is 0 Å². The fraction of sp³-hybridized carbons (Fsp3) is 0.318. The van der Waals surface area contributed by atoms with Crippen LogP contribution in [0.3, 0.4) is 0 Å². The Morgan fingerprint density at radius 2 is 2.03 bits per heavy atom. The summed E-state index contributed by atoms with van der Waals surface area (Å²) >= 11 is 0. The van der Waals surface area contributed by atoms with Crippen molar-refractivity contribution in [1.82, 2.24) is 0 Å². The predicted octanol–water partition coefficient (Wildman–Crippen LogP) is 2.96. The van der Waals surface area contributed by atoms with Gasteiger partial charge in [0.25, 0.3) is 5.91 Å². The van der Waals surface area contributed by atoms with Gasteiger partial charge in [-0.2, -0.15) is 0 Å². The molecule has 2 heterocycles. The Kier molecular flexibility index (Phi) is 4.96. The Labute approximate surface area is 169 Å². The van der Waals surface area contributed by atoms with Crippen molar-refractivity contribution in [1.29, 1.82) is 0 Å². The molecule has 2 atom stereocenters. The topological polar surface area (TPSA) is 87.7 Å². The van der Waals surface area contributed by atoms with Gasteiger partial charge in [0.2, 0.25) is 11.8 Å². The normalized spacial score (nSPS) is 20.7. The third-order valence-corrected chi connectivity index (χ3v) is 5.34. The van der Waals surface area contributed by atoms with Crippen LogP contribution < -0.4 is 20.3 Å². The number of para-hydroxylation sites is 1. The number of amides is 3. The summed E-state index contributed by atoms with van der Waals surface area (Å²) < 4.78 is 5.53. The molecule has 7 heteroatoms. The number of aryl methyl sites for hydroxylation is 1. The lowest BCUT2D eigenvalue weighted by molar-refractivity contribution is -0.122. The fourth-order valence-corrected chi connectivity index (χ4v) is 3.72. The molecular weight excluding hydrogens is 370 g/mol. The zero-order chi connectivity index (χ0) is 20.5. The molecule has 2 aliphatic rings. The highest BCUT2D eigenvalue weighted by atomic mass is 16.5. The number of nitrogens with zero attached hydrogens (tertiary/aromatic N) is 1. The highest BCUT2D eigenvalue weighted by molar-refractivity contribution is 6.04. The molecule has 0 unspecified atom stereocenters. The first-order valence-electron chi connectivity index (χ1n) is 9.77. The van der Waals surface area contributed by atoms with Gasteiger partial charge in [0.05, 0.1) is 11.6 Å². The van der Waals surface area contributed by atoms with Crippen LogP contribution in [0.25, 0.3) is 0 Å². The van der Waals surface area contributed by atoms with Crippen LogP contribution >= 0.6 is 0 Å². The third kappa shape index (κ3) is 3.68. The molecular formula is C22H23N3O4. The van der Waals surface area contributed by atoms with Crippen LogP contribution in [0.5, 0.6) is 5.75 Å². The van der Waals surface area contributed by atoms with Gasteiger partial charge in [0.15, 0.2) is 6.10 Å². The van der Waals surface area contributed by atoms with Gasteiger partial charge in [-0.05, 0) is 43.2 Å². The molecule has 0 aromatic heterocycles. The Morgan fingerprint density at radius 1 is 1.24 bits per heavy atom. The first-order chi connectivity index (χ1) is 14.0. The molecule has 0 spiro atoms. The van der Waals surface area contributed by atoms with Gasteiger partial charge in [0.1, 0.15) is 5.75 Å². The van der Waals surface area contributed by atoms with Gasteiger partial charge < -0.3 is 20.3 Å². The smallest absolute Gasteiger partial charge is 0.265 e. The molecule has 1 saturated heterocycles. The summed E-state index contributed by atoms with van der Waals surface area (Å²) in [7, 11) is 0. The van der Waals surface area contributed by atoms with Gasteiger partial charge in [-0.15, -0.1) is 0 Å².